The molecule has 8 heteroatoms. The highest BCUT2D eigenvalue weighted by Gasteiger charge is 2.27. The Morgan fingerprint density at radius 2 is 1.87 bits per heavy atom. The first-order valence-electron chi connectivity index (χ1n) is 9.93. The van der Waals surface area contributed by atoms with E-state index in [0.29, 0.717) is 44.5 Å². The summed E-state index contributed by atoms with van der Waals surface area (Å²) in [5, 5.41) is 14.1. The molecule has 30 heavy (non-hydrogen) atoms. The fourth-order valence-corrected chi connectivity index (χ4v) is 3.58. The highest BCUT2D eigenvalue weighted by atomic mass is 16.6. The first kappa shape index (κ1) is 21.3. The van der Waals surface area contributed by atoms with Crippen molar-refractivity contribution < 1.29 is 19.2 Å². The first-order chi connectivity index (χ1) is 14.5. The molecule has 1 fully saturated rings. The molecular formula is C22H25N3O5. The summed E-state index contributed by atoms with van der Waals surface area (Å²) in [5.74, 6) is 0.00956. The first-order valence-corrected chi connectivity index (χ1v) is 9.93. The monoisotopic (exact) mass is 411 g/mol. The van der Waals surface area contributed by atoms with Crippen LogP contribution in [0.2, 0.25) is 0 Å². The minimum absolute atomic E-state index is 0.00369. The van der Waals surface area contributed by atoms with Crippen LogP contribution in [-0.2, 0) is 11.2 Å². The van der Waals surface area contributed by atoms with Crippen molar-refractivity contribution in [3.63, 3.8) is 0 Å². The predicted molar refractivity (Wildman–Crippen MR) is 111 cm³/mol. The standard InChI is InChI=1S/C22H25N3O5/c1-30-20-9-8-18(25(28)29)15-19(20)22(27)24-13-11-17(12-14-24)23-21(26)10-7-16-5-3-2-4-6-16/h2-6,8-9,15,17H,7,10-14H2,1H3,(H,23,26). The molecule has 2 aromatic rings. The highest BCUT2D eigenvalue weighted by Crippen LogP contribution is 2.26. The normalized spacial score (nSPS) is 14.2. The van der Waals surface area contributed by atoms with Crippen molar-refractivity contribution in [2.45, 2.75) is 31.7 Å². The van der Waals surface area contributed by atoms with Gasteiger partial charge in [0.05, 0.1) is 17.6 Å². The van der Waals surface area contributed by atoms with Crippen LogP contribution in [0.4, 0.5) is 5.69 Å². The maximum atomic E-state index is 12.9. The summed E-state index contributed by atoms with van der Waals surface area (Å²) in [6.45, 7) is 0.933. The van der Waals surface area contributed by atoms with Gasteiger partial charge < -0.3 is 15.0 Å². The topological polar surface area (TPSA) is 102 Å². The largest absolute Gasteiger partial charge is 0.496 e. The molecule has 1 heterocycles. The Labute approximate surface area is 175 Å². The molecule has 1 saturated heterocycles. The van der Waals surface area contributed by atoms with Crippen molar-refractivity contribution in [1.82, 2.24) is 10.2 Å². The lowest BCUT2D eigenvalue weighted by molar-refractivity contribution is -0.384. The molecule has 0 spiro atoms. The van der Waals surface area contributed by atoms with E-state index in [-0.39, 0.29) is 29.1 Å². The van der Waals surface area contributed by atoms with Gasteiger partial charge in [-0.15, -0.1) is 0 Å². The van der Waals surface area contributed by atoms with Gasteiger partial charge in [-0.2, -0.15) is 0 Å². The number of rotatable bonds is 7. The number of benzene rings is 2. The summed E-state index contributed by atoms with van der Waals surface area (Å²) in [6.07, 6.45) is 2.39. The zero-order valence-electron chi connectivity index (χ0n) is 16.9. The van der Waals surface area contributed by atoms with Crippen LogP contribution in [0, 0.1) is 10.1 Å². The smallest absolute Gasteiger partial charge is 0.270 e. The number of nitrogens with one attached hydrogen (secondary N) is 1. The van der Waals surface area contributed by atoms with Crippen LogP contribution in [0.15, 0.2) is 48.5 Å². The number of likely N-dealkylation sites (tertiary alicyclic amines) is 1. The van der Waals surface area contributed by atoms with E-state index >= 15 is 0 Å². The third-order valence-electron chi connectivity index (χ3n) is 5.26. The lowest BCUT2D eigenvalue weighted by atomic mass is 10.0. The maximum absolute atomic E-state index is 12.9. The van der Waals surface area contributed by atoms with E-state index < -0.39 is 4.92 Å². The Kier molecular flexibility index (Phi) is 7.00. The summed E-state index contributed by atoms with van der Waals surface area (Å²) in [4.78, 5) is 37.3. The van der Waals surface area contributed by atoms with Crippen LogP contribution >= 0.6 is 0 Å². The molecule has 1 aliphatic rings. The number of nitrogens with zero attached hydrogens (tertiary/aromatic N) is 2. The predicted octanol–water partition coefficient (Wildman–Crippen LogP) is 2.96. The van der Waals surface area contributed by atoms with E-state index in [1.807, 2.05) is 30.3 Å². The minimum atomic E-state index is -0.534. The van der Waals surface area contributed by atoms with Crippen LogP contribution in [-0.4, -0.2) is 47.9 Å². The highest BCUT2D eigenvalue weighted by molar-refractivity contribution is 5.97. The number of nitro benzene ring substituents is 1. The van der Waals surface area contributed by atoms with Crippen molar-refractivity contribution in [2.75, 3.05) is 20.2 Å². The molecular weight excluding hydrogens is 386 g/mol. The summed E-state index contributed by atoms with van der Waals surface area (Å²) in [6, 6.07) is 13.9. The van der Waals surface area contributed by atoms with Crippen LogP contribution < -0.4 is 10.1 Å². The average Bonchev–Trinajstić information content (AvgIpc) is 2.78. The SMILES string of the molecule is COc1ccc([N+](=O)[O-])cc1C(=O)N1CCC(NC(=O)CCc2ccccc2)CC1. The number of amides is 2. The van der Waals surface area contributed by atoms with Crippen molar-refractivity contribution in [3.8, 4) is 5.75 Å². The van der Waals surface area contributed by atoms with Gasteiger partial charge in [-0.1, -0.05) is 30.3 Å². The minimum Gasteiger partial charge on any atom is -0.496 e. The third-order valence-corrected chi connectivity index (χ3v) is 5.26. The summed E-state index contributed by atoms with van der Waals surface area (Å²) < 4.78 is 5.20. The fraction of sp³-hybridized carbons (Fsp3) is 0.364. The second-order valence-corrected chi connectivity index (χ2v) is 7.26. The van der Waals surface area contributed by atoms with Gasteiger partial charge >= 0.3 is 0 Å². The van der Waals surface area contributed by atoms with E-state index in [1.54, 1.807) is 4.90 Å². The van der Waals surface area contributed by atoms with Crippen molar-refractivity contribution in [2.24, 2.45) is 0 Å². The van der Waals surface area contributed by atoms with Crippen LogP contribution in [0.25, 0.3) is 0 Å². The Morgan fingerprint density at radius 1 is 1.17 bits per heavy atom. The van der Waals surface area contributed by atoms with Gasteiger partial charge in [0.15, 0.2) is 0 Å². The van der Waals surface area contributed by atoms with E-state index in [9.17, 15) is 19.7 Å². The average molecular weight is 411 g/mol. The summed E-state index contributed by atoms with van der Waals surface area (Å²) in [7, 11) is 1.43. The van der Waals surface area contributed by atoms with Gasteiger partial charge in [-0.3, -0.25) is 19.7 Å². The fourth-order valence-electron chi connectivity index (χ4n) is 3.58. The Morgan fingerprint density at radius 3 is 2.50 bits per heavy atom. The molecule has 0 aliphatic carbocycles. The molecule has 1 aliphatic heterocycles. The van der Waals surface area contributed by atoms with Crippen LogP contribution in [0.3, 0.4) is 0 Å². The number of aryl methyl sites for hydroxylation is 1. The molecule has 0 radical (unpaired) electrons. The molecule has 0 aromatic heterocycles. The number of ether oxygens (including phenoxy) is 1. The molecule has 158 valence electrons. The number of hydrogen-bond acceptors (Lipinski definition) is 5. The molecule has 2 amide bonds. The van der Waals surface area contributed by atoms with Crippen molar-refractivity contribution in [3.05, 3.63) is 69.8 Å². The second kappa shape index (κ2) is 9.87. The number of non-ortho nitro benzene ring substituents is 1. The molecule has 0 atom stereocenters. The number of nitro groups is 1. The van der Waals surface area contributed by atoms with Gasteiger partial charge in [-0.05, 0) is 30.9 Å². The Hall–Kier alpha value is -3.42. The summed E-state index contributed by atoms with van der Waals surface area (Å²) >= 11 is 0. The number of piperidine rings is 1. The molecule has 0 unspecified atom stereocenters. The number of carbonyl (C=O) groups is 2. The van der Waals surface area contributed by atoms with Crippen molar-refractivity contribution in [1.29, 1.82) is 0 Å². The van der Waals surface area contributed by atoms with Crippen molar-refractivity contribution >= 4 is 17.5 Å². The van der Waals surface area contributed by atoms with E-state index in [1.165, 1.54) is 25.3 Å². The van der Waals surface area contributed by atoms with E-state index in [4.69, 9.17) is 4.74 Å². The van der Waals surface area contributed by atoms with Gasteiger partial charge in [0.25, 0.3) is 11.6 Å². The molecule has 2 aromatic carbocycles. The molecule has 0 bridgehead atoms. The van der Waals surface area contributed by atoms with Crippen LogP contribution in [0.1, 0.15) is 35.2 Å². The lowest BCUT2D eigenvalue weighted by Gasteiger charge is -2.32. The number of methoxy groups -OCH3 is 1. The second-order valence-electron chi connectivity index (χ2n) is 7.26. The zero-order chi connectivity index (χ0) is 21.5. The van der Waals surface area contributed by atoms with Gasteiger partial charge in [0, 0.05) is 37.7 Å². The molecule has 0 saturated carbocycles. The Bertz CT molecular complexity index is 908. The van der Waals surface area contributed by atoms with Gasteiger partial charge in [0.1, 0.15) is 5.75 Å². The van der Waals surface area contributed by atoms with Crippen LogP contribution in [0.5, 0.6) is 5.75 Å². The third kappa shape index (κ3) is 5.34. The Balaban J connectivity index is 1.52. The van der Waals surface area contributed by atoms with E-state index in [0.717, 1.165) is 5.56 Å². The molecule has 8 nitrogen and oxygen atoms in total. The number of hydrogen-bond donors (Lipinski definition) is 1. The lowest BCUT2D eigenvalue weighted by Crippen LogP contribution is -2.46. The van der Waals surface area contributed by atoms with Gasteiger partial charge in [-0.25, -0.2) is 0 Å². The summed E-state index contributed by atoms with van der Waals surface area (Å²) in [5.41, 5.74) is 1.15. The van der Waals surface area contributed by atoms with E-state index in [2.05, 4.69) is 5.32 Å². The molecule has 1 N–H and O–H groups in total. The quantitative estimate of drug-likeness (QED) is 0.557. The number of carbonyl (C=O) groups excluding carboxylic acids is 2. The van der Waals surface area contributed by atoms with Gasteiger partial charge in [0.2, 0.25) is 5.91 Å². The molecule has 3 rings (SSSR count). The zero-order valence-corrected chi connectivity index (χ0v) is 16.9. The maximum Gasteiger partial charge on any atom is 0.270 e.